The van der Waals surface area contributed by atoms with Gasteiger partial charge in [0.1, 0.15) is 0 Å². The van der Waals surface area contributed by atoms with Crippen LogP contribution in [0.4, 0.5) is 13.2 Å². The molecule has 2 saturated heterocycles. The summed E-state index contributed by atoms with van der Waals surface area (Å²) in [4.78, 5) is 16.4. The van der Waals surface area contributed by atoms with E-state index in [0.717, 1.165) is 44.8 Å². The van der Waals surface area contributed by atoms with E-state index in [1.165, 1.54) is 38.5 Å². The molecule has 1 aliphatic carbocycles. The average Bonchev–Trinajstić information content (AvgIpc) is 3.01. The molecule has 3 fully saturated rings. The van der Waals surface area contributed by atoms with Gasteiger partial charge < -0.3 is 9.80 Å². The van der Waals surface area contributed by atoms with Gasteiger partial charge in [0.15, 0.2) is 0 Å². The number of hydrogen-bond donors (Lipinski definition) is 0. The maximum absolute atomic E-state index is 12.4. The maximum Gasteiger partial charge on any atom is 0.389 e. The molecule has 1 spiro atoms. The van der Waals surface area contributed by atoms with Crippen LogP contribution in [-0.2, 0) is 4.79 Å². The number of carbonyl (C=O) groups is 1. The summed E-state index contributed by atoms with van der Waals surface area (Å²) in [5.74, 6) is 0.559. The van der Waals surface area contributed by atoms with Gasteiger partial charge >= 0.3 is 6.18 Å². The molecule has 1 saturated carbocycles. The first-order valence-electron chi connectivity index (χ1n) is 10.4. The number of carbonyl (C=O) groups excluding carboxylic acids is 1. The zero-order valence-electron chi connectivity index (χ0n) is 15.8. The standard InChI is InChI=1S/C20H33F3N2O/c21-20(22,23)10-7-18(26)25-14-11-19(16-25)9-4-12-24(15-19)13-8-17-5-2-1-3-6-17/h17H,1-16H2. The fourth-order valence-corrected chi connectivity index (χ4v) is 5.23. The molecule has 2 heterocycles. The Morgan fingerprint density at radius 3 is 2.50 bits per heavy atom. The van der Waals surface area contributed by atoms with Crippen molar-refractivity contribution >= 4 is 5.91 Å². The Morgan fingerprint density at radius 2 is 1.77 bits per heavy atom. The van der Waals surface area contributed by atoms with Gasteiger partial charge in [-0.2, -0.15) is 13.2 Å². The van der Waals surface area contributed by atoms with Gasteiger partial charge in [-0.25, -0.2) is 0 Å². The molecule has 0 N–H and O–H groups in total. The van der Waals surface area contributed by atoms with Crippen LogP contribution in [0.25, 0.3) is 0 Å². The van der Waals surface area contributed by atoms with Gasteiger partial charge in [-0.15, -0.1) is 0 Å². The molecule has 0 aromatic heterocycles. The smallest absolute Gasteiger partial charge is 0.342 e. The van der Waals surface area contributed by atoms with Crippen molar-refractivity contribution in [1.29, 1.82) is 0 Å². The van der Waals surface area contributed by atoms with E-state index in [4.69, 9.17) is 0 Å². The lowest BCUT2D eigenvalue weighted by atomic mass is 9.79. The number of alkyl halides is 3. The van der Waals surface area contributed by atoms with Crippen molar-refractivity contribution in [3.8, 4) is 0 Å². The second kappa shape index (κ2) is 8.49. The molecule has 3 aliphatic rings. The van der Waals surface area contributed by atoms with Gasteiger partial charge in [0.05, 0.1) is 6.42 Å². The van der Waals surface area contributed by atoms with Gasteiger partial charge in [-0.3, -0.25) is 4.79 Å². The van der Waals surface area contributed by atoms with Gasteiger partial charge in [0.2, 0.25) is 5.91 Å². The molecule has 6 heteroatoms. The third kappa shape index (κ3) is 5.61. The highest BCUT2D eigenvalue weighted by Crippen LogP contribution is 2.40. The Labute approximate surface area is 155 Å². The summed E-state index contributed by atoms with van der Waals surface area (Å²) >= 11 is 0. The number of halogens is 3. The minimum absolute atomic E-state index is 0.124. The maximum atomic E-state index is 12.4. The molecular weight excluding hydrogens is 341 g/mol. The highest BCUT2D eigenvalue weighted by Gasteiger charge is 2.43. The molecule has 150 valence electrons. The molecule has 0 aromatic carbocycles. The summed E-state index contributed by atoms with van der Waals surface area (Å²) in [5, 5.41) is 0. The molecule has 0 radical (unpaired) electrons. The number of amides is 1. The monoisotopic (exact) mass is 374 g/mol. The van der Waals surface area contributed by atoms with Crippen LogP contribution >= 0.6 is 0 Å². The first-order chi connectivity index (χ1) is 12.4. The van der Waals surface area contributed by atoms with Crippen molar-refractivity contribution in [1.82, 2.24) is 9.80 Å². The largest absolute Gasteiger partial charge is 0.389 e. The van der Waals surface area contributed by atoms with Gasteiger partial charge in [-0.1, -0.05) is 32.1 Å². The molecular formula is C20H33F3N2O. The van der Waals surface area contributed by atoms with E-state index in [9.17, 15) is 18.0 Å². The highest BCUT2D eigenvalue weighted by molar-refractivity contribution is 5.76. The molecule has 0 bridgehead atoms. The Bertz CT molecular complexity index is 476. The summed E-state index contributed by atoms with van der Waals surface area (Å²) < 4.78 is 37.1. The van der Waals surface area contributed by atoms with Gasteiger partial charge in [-0.05, 0) is 44.7 Å². The summed E-state index contributed by atoms with van der Waals surface area (Å²) in [7, 11) is 0. The van der Waals surface area contributed by atoms with Crippen LogP contribution in [0, 0.1) is 11.3 Å². The molecule has 26 heavy (non-hydrogen) atoms. The first kappa shape index (κ1) is 20.0. The summed E-state index contributed by atoms with van der Waals surface area (Å²) in [5.41, 5.74) is 0.124. The number of hydrogen-bond acceptors (Lipinski definition) is 2. The Morgan fingerprint density at radius 1 is 1.00 bits per heavy atom. The van der Waals surface area contributed by atoms with Crippen LogP contribution in [0.1, 0.15) is 70.6 Å². The van der Waals surface area contributed by atoms with E-state index >= 15 is 0 Å². The molecule has 1 amide bonds. The van der Waals surface area contributed by atoms with Crippen LogP contribution < -0.4 is 0 Å². The zero-order valence-corrected chi connectivity index (χ0v) is 15.8. The van der Waals surface area contributed by atoms with Crippen molar-refractivity contribution in [3.63, 3.8) is 0 Å². The number of likely N-dealkylation sites (tertiary alicyclic amines) is 2. The zero-order chi connectivity index (χ0) is 18.6. The van der Waals surface area contributed by atoms with Crippen LogP contribution in [0.2, 0.25) is 0 Å². The summed E-state index contributed by atoms with van der Waals surface area (Å²) in [6.07, 6.45) is 5.75. The van der Waals surface area contributed by atoms with E-state index in [2.05, 4.69) is 4.90 Å². The summed E-state index contributed by atoms with van der Waals surface area (Å²) in [6, 6.07) is 0. The van der Waals surface area contributed by atoms with E-state index < -0.39 is 19.0 Å². The first-order valence-corrected chi connectivity index (χ1v) is 10.4. The lowest BCUT2D eigenvalue weighted by Crippen LogP contribution is -2.46. The normalized spacial score (nSPS) is 28.8. The van der Waals surface area contributed by atoms with Crippen LogP contribution in [0.3, 0.4) is 0 Å². The van der Waals surface area contributed by atoms with E-state index in [-0.39, 0.29) is 11.3 Å². The Hall–Kier alpha value is -0.780. The SMILES string of the molecule is O=C(CCC(F)(F)F)N1CCC2(CCCN(CCC3CCCCC3)C2)C1. The third-order valence-electron chi connectivity index (χ3n) is 6.73. The number of rotatable bonds is 5. The van der Waals surface area contributed by atoms with E-state index in [1.54, 1.807) is 4.90 Å². The Balaban J connectivity index is 1.45. The van der Waals surface area contributed by atoms with E-state index in [0.29, 0.717) is 13.1 Å². The minimum Gasteiger partial charge on any atom is -0.342 e. The molecule has 1 atom stereocenters. The molecule has 0 aromatic rings. The average molecular weight is 374 g/mol. The van der Waals surface area contributed by atoms with E-state index in [1.807, 2.05) is 0 Å². The van der Waals surface area contributed by atoms with Gasteiger partial charge in [0.25, 0.3) is 0 Å². The van der Waals surface area contributed by atoms with Gasteiger partial charge in [0, 0.05) is 31.5 Å². The predicted molar refractivity (Wildman–Crippen MR) is 95.8 cm³/mol. The molecule has 1 unspecified atom stereocenters. The van der Waals surface area contributed by atoms with Crippen molar-refractivity contribution in [2.75, 3.05) is 32.7 Å². The lowest BCUT2D eigenvalue weighted by Gasteiger charge is -2.41. The fourth-order valence-electron chi connectivity index (χ4n) is 5.23. The minimum atomic E-state index is -4.24. The second-order valence-electron chi connectivity index (χ2n) is 8.85. The number of nitrogens with zero attached hydrogens (tertiary/aromatic N) is 2. The van der Waals surface area contributed by atoms with Crippen LogP contribution in [0.15, 0.2) is 0 Å². The van der Waals surface area contributed by atoms with Crippen molar-refractivity contribution < 1.29 is 18.0 Å². The molecule has 2 aliphatic heterocycles. The predicted octanol–water partition coefficient (Wildman–Crippen LogP) is 4.61. The third-order valence-corrected chi connectivity index (χ3v) is 6.73. The highest BCUT2D eigenvalue weighted by atomic mass is 19.4. The number of piperidine rings is 1. The topological polar surface area (TPSA) is 23.6 Å². The quantitative estimate of drug-likeness (QED) is 0.701. The fraction of sp³-hybridized carbons (Fsp3) is 0.950. The lowest BCUT2D eigenvalue weighted by molar-refractivity contribution is -0.148. The van der Waals surface area contributed by atoms with Crippen LogP contribution in [0.5, 0.6) is 0 Å². The molecule has 3 rings (SSSR count). The Kier molecular flexibility index (Phi) is 6.52. The van der Waals surface area contributed by atoms with Crippen molar-refractivity contribution in [2.24, 2.45) is 11.3 Å². The van der Waals surface area contributed by atoms with Crippen LogP contribution in [-0.4, -0.2) is 54.6 Å². The second-order valence-corrected chi connectivity index (χ2v) is 8.85. The summed E-state index contributed by atoms with van der Waals surface area (Å²) in [6.45, 7) is 4.59. The van der Waals surface area contributed by atoms with Crippen molar-refractivity contribution in [2.45, 2.75) is 76.8 Å². The van der Waals surface area contributed by atoms with Crippen molar-refractivity contribution in [3.05, 3.63) is 0 Å². The molecule has 3 nitrogen and oxygen atoms in total.